The van der Waals surface area contributed by atoms with E-state index in [9.17, 15) is 4.79 Å². The van der Waals surface area contributed by atoms with E-state index in [2.05, 4.69) is 4.90 Å². The van der Waals surface area contributed by atoms with E-state index in [4.69, 9.17) is 4.74 Å². The Labute approximate surface area is 135 Å². The molecule has 4 aliphatic rings. The van der Waals surface area contributed by atoms with Crippen molar-refractivity contribution in [2.45, 2.75) is 18.9 Å². The molecule has 2 bridgehead atoms. The normalized spacial score (nSPS) is 27.7. The van der Waals surface area contributed by atoms with Crippen molar-refractivity contribution in [3.63, 3.8) is 0 Å². The summed E-state index contributed by atoms with van der Waals surface area (Å²) >= 11 is 0. The molecule has 0 radical (unpaired) electrons. The molecule has 116 valence electrons. The number of rotatable bonds is 2. The average Bonchev–Trinajstić information content (AvgIpc) is 2.90. The summed E-state index contributed by atoms with van der Waals surface area (Å²) in [4.78, 5) is 15.3. The lowest BCUT2D eigenvalue weighted by Gasteiger charge is -2.44. The Balaban J connectivity index is 1.53. The van der Waals surface area contributed by atoms with Crippen molar-refractivity contribution < 1.29 is 9.53 Å². The summed E-state index contributed by atoms with van der Waals surface area (Å²) in [5.74, 6) is 1.50. The number of fused-ring (bicyclic) bond motifs is 6. The van der Waals surface area contributed by atoms with E-state index in [0.29, 0.717) is 5.92 Å². The van der Waals surface area contributed by atoms with Gasteiger partial charge in [-0.15, -0.1) is 0 Å². The van der Waals surface area contributed by atoms with Gasteiger partial charge in [-0.05, 0) is 49.0 Å². The minimum atomic E-state index is 0.104. The van der Waals surface area contributed by atoms with E-state index in [1.54, 1.807) is 0 Å². The Morgan fingerprint density at radius 2 is 1.65 bits per heavy atom. The van der Waals surface area contributed by atoms with Crippen LogP contribution in [0.25, 0.3) is 11.1 Å². The van der Waals surface area contributed by atoms with Crippen LogP contribution in [0.2, 0.25) is 0 Å². The molecule has 0 unspecified atom stereocenters. The van der Waals surface area contributed by atoms with E-state index >= 15 is 0 Å². The third-order valence-corrected chi connectivity index (χ3v) is 5.59. The molecule has 2 aromatic carbocycles. The molecule has 0 amide bonds. The van der Waals surface area contributed by atoms with Gasteiger partial charge in [0.25, 0.3) is 0 Å². The maximum Gasteiger partial charge on any atom is 0.198 e. The summed E-state index contributed by atoms with van der Waals surface area (Å²) < 4.78 is 6.37. The summed E-state index contributed by atoms with van der Waals surface area (Å²) in [6.45, 7) is 3.39. The van der Waals surface area contributed by atoms with E-state index in [1.165, 1.54) is 25.9 Å². The molecular formula is C20H19NO2. The van der Waals surface area contributed by atoms with Crippen LogP contribution in [0.4, 0.5) is 0 Å². The zero-order chi connectivity index (χ0) is 15.4. The quantitative estimate of drug-likeness (QED) is 0.727. The predicted octanol–water partition coefficient (Wildman–Crippen LogP) is 3.37. The fraction of sp³-hybridized carbons (Fsp3) is 0.350. The maximum atomic E-state index is 12.8. The van der Waals surface area contributed by atoms with Gasteiger partial charge in [0.2, 0.25) is 0 Å². The molecular weight excluding hydrogens is 286 g/mol. The Kier molecular flexibility index (Phi) is 2.86. The van der Waals surface area contributed by atoms with Crippen LogP contribution in [-0.2, 0) is 0 Å². The highest BCUT2D eigenvalue weighted by atomic mass is 16.5. The SMILES string of the molecule is O=C1c2ccccc2-c2cccc(O[C@@H]3CN4CCC3CC4)c21. The first kappa shape index (κ1) is 13.3. The van der Waals surface area contributed by atoms with Gasteiger partial charge in [-0.3, -0.25) is 9.69 Å². The molecule has 6 rings (SSSR count). The van der Waals surface area contributed by atoms with Gasteiger partial charge in [-0.25, -0.2) is 0 Å². The zero-order valence-corrected chi connectivity index (χ0v) is 13.0. The molecule has 3 heteroatoms. The van der Waals surface area contributed by atoms with Crippen molar-refractivity contribution in [3.05, 3.63) is 53.6 Å². The Morgan fingerprint density at radius 1 is 0.913 bits per heavy atom. The highest BCUT2D eigenvalue weighted by molar-refractivity contribution is 6.23. The number of ether oxygens (including phenoxy) is 1. The van der Waals surface area contributed by atoms with Crippen molar-refractivity contribution in [1.29, 1.82) is 0 Å². The first-order valence-electron chi connectivity index (χ1n) is 8.47. The molecule has 3 fully saturated rings. The highest BCUT2D eigenvalue weighted by Crippen LogP contribution is 2.42. The summed E-state index contributed by atoms with van der Waals surface area (Å²) in [5.41, 5.74) is 3.61. The fourth-order valence-electron chi connectivity index (χ4n) is 4.35. The standard InChI is InChI=1S/C20H19NO2/c22-20-16-5-2-1-4-14(16)15-6-3-7-17(19(15)20)23-18-12-21-10-8-13(18)9-11-21/h1-7,13,18H,8-12H2/t18-/m1/s1. The Morgan fingerprint density at radius 3 is 2.39 bits per heavy atom. The lowest BCUT2D eigenvalue weighted by Crippen LogP contribution is -2.52. The zero-order valence-electron chi connectivity index (χ0n) is 13.0. The van der Waals surface area contributed by atoms with Crippen LogP contribution >= 0.6 is 0 Å². The van der Waals surface area contributed by atoms with Crippen molar-refractivity contribution in [2.75, 3.05) is 19.6 Å². The van der Waals surface area contributed by atoms with Crippen LogP contribution in [0.15, 0.2) is 42.5 Å². The van der Waals surface area contributed by atoms with Crippen LogP contribution in [0, 0.1) is 5.92 Å². The monoisotopic (exact) mass is 305 g/mol. The minimum Gasteiger partial charge on any atom is -0.488 e. The average molecular weight is 305 g/mol. The number of nitrogens with zero attached hydrogens (tertiary/aromatic N) is 1. The van der Waals surface area contributed by atoms with E-state index < -0.39 is 0 Å². The van der Waals surface area contributed by atoms with Crippen LogP contribution in [-0.4, -0.2) is 36.4 Å². The molecule has 23 heavy (non-hydrogen) atoms. The summed E-state index contributed by atoms with van der Waals surface area (Å²) in [5, 5.41) is 0. The van der Waals surface area contributed by atoms with Crippen molar-refractivity contribution in [3.8, 4) is 16.9 Å². The Bertz CT molecular complexity index is 790. The lowest BCUT2D eigenvalue weighted by atomic mass is 9.86. The summed E-state index contributed by atoms with van der Waals surface area (Å²) in [6.07, 6.45) is 2.65. The van der Waals surface area contributed by atoms with Crippen LogP contribution in [0.5, 0.6) is 5.75 Å². The van der Waals surface area contributed by atoms with E-state index in [0.717, 1.165) is 34.5 Å². The first-order chi connectivity index (χ1) is 11.3. The van der Waals surface area contributed by atoms with Gasteiger partial charge in [-0.2, -0.15) is 0 Å². The fourth-order valence-corrected chi connectivity index (χ4v) is 4.35. The molecule has 3 saturated heterocycles. The van der Waals surface area contributed by atoms with Crippen LogP contribution < -0.4 is 4.74 Å². The number of ketones is 1. The summed E-state index contributed by atoms with van der Waals surface area (Å²) in [6, 6.07) is 13.8. The van der Waals surface area contributed by atoms with Gasteiger partial charge < -0.3 is 4.74 Å². The molecule has 3 heterocycles. The van der Waals surface area contributed by atoms with Crippen LogP contribution in [0.3, 0.4) is 0 Å². The van der Waals surface area contributed by atoms with Crippen molar-refractivity contribution in [1.82, 2.24) is 4.90 Å². The van der Waals surface area contributed by atoms with Gasteiger partial charge >= 0.3 is 0 Å². The van der Waals surface area contributed by atoms with Crippen molar-refractivity contribution in [2.24, 2.45) is 5.92 Å². The molecule has 3 nitrogen and oxygen atoms in total. The van der Waals surface area contributed by atoms with Gasteiger partial charge in [0.15, 0.2) is 5.78 Å². The number of benzene rings is 2. The maximum absolute atomic E-state index is 12.8. The molecule has 3 aliphatic heterocycles. The minimum absolute atomic E-state index is 0.104. The number of carbonyl (C=O) groups excluding carboxylic acids is 1. The lowest BCUT2D eigenvalue weighted by molar-refractivity contribution is -0.00799. The van der Waals surface area contributed by atoms with Gasteiger partial charge in [0, 0.05) is 12.1 Å². The predicted molar refractivity (Wildman–Crippen MR) is 88.9 cm³/mol. The second kappa shape index (κ2) is 4.93. The number of carbonyl (C=O) groups is 1. The van der Waals surface area contributed by atoms with Gasteiger partial charge in [0.1, 0.15) is 11.9 Å². The van der Waals surface area contributed by atoms with Crippen LogP contribution in [0.1, 0.15) is 28.8 Å². The molecule has 0 aromatic heterocycles. The molecule has 0 saturated carbocycles. The second-order valence-corrected chi connectivity index (χ2v) is 6.85. The Hall–Kier alpha value is -2.13. The molecule has 0 N–H and O–H groups in total. The van der Waals surface area contributed by atoms with E-state index in [-0.39, 0.29) is 11.9 Å². The first-order valence-corrected chi connectivity index (χ1v) is 8.47. The molecule has 0 spiro atoms. The second-order valence-electron chi connectivity index (χ2n) is 6.85. The van der Waals surface area contributed by atoms with Gasteiger partial charge in [-0.1, -0.05) is 36.4 Å². The highest BCUT2D eigenvalue weighted by Gasteiger charge is 2.37. The third-order valence-electron chi connectivity index (χ3n) is 5.59. The van der Waals surface area contributed by atoms with Crippen molar-refractivity contribution >= 4 is 5.78 Å². The number of hydrogen-bond acceptors (Lipinski definition) is 3. The largest absolute Gasteiger partial charge is 0.488 e. The van der Waals surface area contributed by atoms with Gasteiger partial charge in [0.05, 0.1) is 5.56 Å². The smallest absolute Gasteiger partial charge is 0.198 e. The third kappa shape index (κ3) is 1.96. The molecule has 1 atom stereocenters. The number of piperidine rings is 3. The topological polar surface area (TPSA) is 29.5 Å². The summed E-state index contributed by atoms with van der Waals surface area (Å²) in [7, 11) is 0. The molecule has 2 aromatic rings. The van der Waals surface area contributed by atoms with E-state index in [1.807, 2.05) is 42.5 Å². The molecule has 1 aliphatic carbocycles. The number of hydrogen-bond donors (Lipinski definition) is 0.